The molecule has 0 spiro atoms. The molecule has 10 nitrogen and oxygen atoms in total. The van der Waals surface area contributed by atoms with E-state index in [0.717, 1.165) is 66.8 Å². The van der Waals surface area contributed by atoms with Crippen LogP contribution in [0.4, 0.5) is 11.4 Å². The fourth-order valence-corrected chi connectivity index (χ4v) is 5.71. The SMILES string of the molecule is O=C(Nc1cncc(-c2ccc3[nH]nc(-c4nc5nccc(N6CCCCC6)c5[nH]4)c3n2)c1)C1CCCC1. The van der Waals surface area contributed by atoms with Gasteiger partial charge in [-0.1, -0.05) is 12.8 Å². The van der Waals surface area contributed by atoms with Gasteiger partial charge in [-0.3, -0.25) is 14.9 Å². The topological polar surface area (TPSA) is 128 Å². The molecule has 3 N–H and O–H groups in total. The number of hydrogen-bond acceptors (Lipinski definition) is 7. The summed E-state index contributed by atoms with van der Waals surface area (Å²) < 4.78 is 0. The van der Waals surface area contributed by atoms with Gasteiger partial charge in [-0.05, 0) is 56.4 Å². The summed E-state index contributed by atoms with van der Waals surface area (Å²) in [7, 11) is 0. The van der Waals surface area contributed by atoms with Crippen molar-refractivity contribution in [3.8, 4) is 22.8 Å². The largest absolute Gasteiger partial charge is 0.370 e. The molecule has 0 radical (unpaired) electrons. The van der Waals surface area contributed by atoms with Gasteiger partial charge in [-0.2, -0.15) is 5.10 Å². The summed E-state index contributed by atoms with van der Waals surface area (Å²) in [6.45, 7) is 2.08. The Hall–Kier alpha value is -4.34. The Morgan fingerprint density at radius 1 is 1.00 bits per heavy atom. The smallest absolute Gasteiger partial charge is 0.227 e. The normalized spacial score (nSPS) is 16.5. The maximum Gasteiger partial charge on any atom is 0.227 e. The highest BCUT2D eigenvalue weighted by molar-refractivity contribution is 5.95. The fraction of sp³-hybridized carbons (Fsp3) is 0.357. The van der Waals surface area contributed by atoms with E-state index < -0.39 is 0 Å². The Labute approximate surface area is 219 Å². The third-order valence-corrected chi connectivity index (χ3v) is 7.73. The van der Waals surface area contributed by atoms with Crippen LogP contribution in [0.2, 0.25) is 0 Å². The minimum absolute atomic E-state index is 0.0735. The van der Waals surface area contributed by atoms with Crippen LogP contribution in [0.5, 0.6) is 0 Å². The van der Waals surface area contributed by atoms with E-state index >= 15 is 0 Å². The molecule has 1 aliphatic heterocycles. The quantitative estimate of drug-likeness (QED) is 0.303. The van der Waals surface area contributed by atoms with Gasteiger partial charge in [-0.15, -0.1) is 0 Å². The molecule has 1 amide bonds. The lowest BCUT2D eigenvalue weighted by Crippen LogP contribution is -2.29. The van der Waals surface area contributed by atoms with Crippen LogP contribution in [-0.2, 0) is 4.79 Å². The first-order chi connectivity index (χ1) is 18.7. The van der Waals surface area contributed by atoms with Gasteiger partial charge in [0.1, 0.15) is 11.0 Å². The Balaban J connectivity index is 1.22. The third-order valence-electron chi connectivity index (χ3n) is 7.73. The Morgan fingerprint density at radius 3 is 2.74 bits per heavy atom. The Kier molecular flexibility index (Phi) is 5.71. The number of H-pyrrole nitrogens is 2. The standard InChI is InChI=1S/C28H29N9O/c38-28(17-6-2-3-7-17)31-19-14-18(15-29-16-19)20-8-9-21-23(32-20)25(36-35-21)27-33-24-22(10-11-30-26(24)34-27)37-12-4-1-5-13-37/h8-11,14-17H,1-7,12-13H2,(H,31,38)(H,35,36)(H,30,33,34). The van der Waals surface area contributed by atoms with Crippen molar-refractivity contribution in [3.05, 3.63) is 42.9 Å². The van der Waals surface area contributed by atoms with E-state index in [4.69, 9.17) is 9.97 Å². The average molecular weight is 508 g/mol. The molecule has 1 saturated carbocycles. The molecular formula is C28H29N9O. The molecule has 1 aliphatic carbocycles. The number of piperidine rings is 1. The molecule has 0 atom stereocenters. The first kappa shape index (κ1) is 22.8. The second-order valence-electron chi connectivity index (χ2n) is 10.3. The lowest BCUT2D eigenvalue weighted by atomic mass is 10.1. The molecule has 5 aromatic rings. The molecule has 0 aromatic carbocycles. The van der Waals surface area contributed by atoms with Crippen LogP contribution in [0.3, 0.4) is 0 Å². The summed E-state index contributed by atoms with van der Waals surface area (Å²) in [5.41, 5.74) is 7.13. The summed E-state index contributed by atoms with van der Waals surface area (Å²) >= 11 is 0. The monoisotopic (exact) mass is 507 g/mol. The molecule has 7 rings (SSSR count). The minimum Gasteiger partial charge on any atom is -0.370 e. The zero-order valence-corrected chi connectivity index (χ0v) is 21.1. The molecule has 192 valence electrons. The van der Waals surface area contributed by atoms with E-state index in [2.05, 4.69) is 41.4 Å². The first-order valence-corrected chi connectivity index (χ1v) is 13.4. The van der Waals surface area contributed by atoms with E-state index in [0.29, 0.717) is 28.4 Å². The van der Waals surface area contributed by atoms with Gasteiger partial charge in [0.25, 0.3) is 0 Å². The number of aromatic nitrogens is 7. The maximum atomic E-state index is 12.6. The molecule has 0 unspecified atom stereocenters. The predicted molar refractivity (Wildman–Crippen MR) is 147 cm³/mol. The molecule has 0 bridgehead atoms. The van der Waals surface area contributed by atoms with E-state index in [-0.39, 0.29) is 11.8 Å². The summed E-state index contributed by atoms with van der Waals surface area (Å²) in [4.78, 5) is 37.1. The second-order valence-corrected chi connectivity index (χ2v) is 10.3. The van der Waals surface area contributed by atoms with Crippen molar-refractivity contribution in [3.63, 3.8) is 0 Å². The predicted octanol–water partition coefficient (Wildman–Crippen LogP) is 5.08. The summed E-state index contributed by atoms with van der Waals surface area (Å²) in [5, 5.41) is 10.7. The van der Waals surface area contributed by atoms with E-state index in [9.17, 15) is 4.79 Å². The first-order valence-electron chi connectivity index (χ1n) is 13.4. The summed E-state index contributed by atoms with van der Waals surface area (Å²) in [6, 6.07) is 7.86. The van der Waals surface area contributed by atoms with Crippen LogP contribution in [0.1, 0.15) is 44.9 Å². The van der Waals surface area contributed by atoms with Crippen molar-refractivity contribution in [2.75, 3.05) is 23.3 Å². The molecule has 2 aliphatic rings. The van der Waals surface area contributed by atoms with Crippen molar-refractivity contribution >= 4 is 39.5 Å². The van der Waals surface area contributed by atoms with Gasteiger partial charge in [0, 0.05) is 37.0 Å². The Bertz CT molecular complexity index is 1630. The number of nitrogens with one attached hydrogen (secondary N) is 3. The maximum absolute atomic E-state index is 12.6. The van der Waals surface area contributed by atoms with Gasteiger partial charge >= 0.3 is 0 Å². The van der Waals surface area contributed by atoms with E-state index in [1.807, 2.05) is 24.4 Å². The number of carbonyl (C=O) groups excluding carboxylic acids is 1. The highest BCUT2D eigenvalue weighted by Gasteiger charge is 2.23. The number of anilines is 2. The van der Waals surface area contributed by atoms with Crippen LogP contribution in [0.25, 0.3) is 45.0 Å². The van der Waals surface area contributed by atoms with Crippen LogP contribution >= 0.6 is 0 Å². The number of pyridine rings is 3. The number of fused-ring (bicyclic) bond motifs is 2. The van der Waals surface area contributed by atoms with Crippen LogP contribution in [0, 0.1) is 5.92 Å². The van der Waals surface area contributed by atoms with Crippen molar-refractivity contribution < 1.29 is 4.79 Å². The number of hydrogen-bond donors (Lipinski definition) is 3. The van der Waals surface area contributed by atoms with Gasteiger partial charge in [0.15, 0.2) is 17.2 Å². The summed E-state index contributed by atoms with van der Waals surface area (Å²) in [5.74, 6) is 0.795. The van der Waals surface area contributed by atoms with Crippen LogP contribution < -0.4 is 10.2 Å². The van der Waals surface area contributed by atoms with E-state index in [1.165, 1.54) is 19.3 Å². The zero-order chi connectivity index (χ0) is 25.5. The van der Waals surface area contributed by atoms with Crippen LogP contribution in [0.15, 0.2) is 42.9 Å². The third kappa shape index (κ3) is 4.15. The molecule has 6 heterocycles. The molecular weight excluding hydrogens is 478 g/mol. The minimum atomic E-state index is 0.0735. The zero-order valence-electron chi connectivity index (χ0n) is 21.1. The van der Waals surface area contributed by atoms with Gasteiger partial charge in [0.2, 0.25) is 5.91 Å². The van der Waals surface area contributed by atoms with Crippen molar-refractivity contribution in [2.24, 2.45) is 5.92 Å². The number of aromatic amines is 2. The van der Waals surface area contributed by atoms with Gasteiger partial charge < -0.3 is 15.2 Å². The fourth-order valence-electron chi connectivity index (χ4n) is 5.71. The molecule has 5 aromatic heterocycles. The highest BCUT2D eigenvalue weighted by Crippen LogP contribution is 2.32. The number of imidazole rings is 1. The van der Waals surface area contributed by atoms with Crippen molar-refractivity contribution in [1.29, 1.82) is 0 Å². The lowest BCUT2D eigenvalue weighted by molar-refractivity contribution is -0.119. The highest BCUT2D eigenvalue weighted by atomic mass is 16.1. The number of nitrogens with zero attached hydrogens (tertiary/aromatic N) is 6. The average Bonchev–Trinajstić information content (AvgIpc) is 3.73. The van der Waals surface area contributed by atoms with E-state index in [1.54, 1.807) is 12.4 Å². The summed E-state index contributed by atoms with van der Waals surface area (Å²) in [6.07, 6.45) is 13.1. The number of rotatable bonds is 5. The number of amides is 1. The second kappa shape index (κ2) is 9.51. The molecule has 2 fully saturated rings. The van der Waals surface area contributed by atoms with Gasteiger partial charge in [-0.25, -0.2) is 15.0 Å². The van der Waals surface area contributed by atoms with Crippen LogP contribution in [-0.4, -0.2) is 54.1 Å². The molecule has 1 saturated heterocycles. The molecule has 38 heavy (non-hydrogen) atoms. The number of carbonyl (C=O) groups is 1. The molecule has 10 heteroatoms. The van der Waals surface area contributed by atoms with Crippen molar-refractivity contribution in [1.82, 2.24) is 35.1 Å². The lowest BCUT2D eigenvalue weighted by Gasteiger charge is -2.28. The van der Waals surface area contributed by atoms with Crippen molar-refractivity contribution in [2.45, 2.75) is 44.9 Å². The Morgan fingerprint density at radius 2 is 1.87 bits per heavy atom. The van der Waals surface area contributed by atoms with Gasteiger partial charge in [0.05, 0.1) is 28.8 Å².